The maximum atomic E-state index is 10.4. The first-order valence-electron chi connectivity index (χ1n) is 4.64. The predicted molar refractivity (Wildman–Crippen MR) is 60.7 cm³/mol. The summed E-state index contributed by atoms with van der Waals surface area (Å²) in [6.07, 6.45) is 5.91. The number of H-pyrrole nitrogens is 1. The Morgan fingerprint density at radius 1 is 1.47 bits per heavy atom. The van der Waals surface area contributed by atoms with Gasteiger partial charge in [0.2, 0.25) is 0 Å². The summed E-state index contributed by atoms with van der Waals surface area (Å²) in [4.78, 5) is 20.5. The van der Waals surface area contributed by atoms with Crippen molar-refractivity contribution in [2.45, 2.75) is 0 Å². The van der Waals surface area contributed by atoms with Crippen LogP contribution in [0.2, 0.25) is 0 Å². The maximum Gasteiger partial charge on any atom is 0.287 e. The first kappa shape index (κ1) is 10.7. The van der Waals surface area contributed by atoms with E-state index in [1.54, 1.807) is 12.4 Å². The van der Waals surface area contributed by atoms with E-state index in [0.29, 0.717) is 11.6 Å². The predicted octanol–water partition coefficient (Wildman–Crippen LogP) is 1.16. The van der Waals surface area contributed by atoms with Gasteiger partial charge in [-0.3, -0.25) is 15.5 Å². The smallest absolute Gasteiger partial charge is 0.287 e. The number of nitrogens with one attached hydrogen (secondary N) is 2. The van der Waals surface area contributed by atoms with E-state index in [9.17, 15) is 10.1 Å². The molecule has 0 amide bonds. The number of imidazole rings is 1. The van der Waals surface area contributed by atoms with Gasteiger partial charge in [-0.1, -0.05) is 0 Å². The van der Waals surface area contributed by atoms with Crippen LogP contribution in [-0.2, 0) is 0 Å². The lowest BCUT2D eigenvalue weighted by Gasteiger charge is -1.97. The Kier molecular flexibility index (Phi) is 3.05. The van der Waals surface area contributed by atoms with Crippen LogP contribution >= 0.6 is 0 Å². The van der Waals surface area contributed by atoms with Gasteiger partial charge < -0.3 is 4.98 Å². The highest BCUT2D eigenvalue weighted by Crippen LogP contribution is 2.11. The highest BCUT2D eigenvalue weighted by atomic mass is 16.6. The second kappa shape index (κ2) is 4.84. The number of aromatic amines is 1. The van der Waals surface area contributed by atoms with Gasteiger partial charge in [0.05, 0.1) is 11.1 Å². The molecule has 0 aliphatic carbocycles. The lowest BCUT2D eigenvalue weighted by molar-refractivity contribution is -0.385. The molecule has 2 heterocycles. The monoisotopic (exact) mass is 232 g/mol. The molecule has 0 saturated carbocycles. The minimum Gasteiger partial charge on any atom is -0.344 e. The molecule has 0 aliphatic rings. The number of hydrazone groups is 1. The molecular weight excluding hydrogens is 224 g/mol. The highest BCUT2D eigenvalue weighted by molar-refractivity contribution is 5.74. The van der Waals surface area contributed by atoms with Crippen molar-refractivity contribution in [2.75, 3.05) is 5.43 Å². The second-order valence-electron chi connectivity index (χ2n) is 3.00. The number of nitro groups is 1. The fourth-order valence-corrected chi connectivity index (χ4v) is 1.07. The van der Waals surface area contributed by atoms with Gasteiger partial charge in [-0.25, -0.2) is 9.97 Å². The normalized spacial score (nSPS) is 10.6. The Balaban J connectivity index is 1.97. The lowest BCUT2D eigenvalue weighted by Crippen LogP contribution is -1.95. The molecule has 2 aromatic rings. The number of hydrogen-bond donors (Lipinski definition) is 2. The molecule has 17 heavy (non-hydrogen) atoms. The van der Waals surface area contributed by atoms with Gasteiger partial charge in [0.15, 0.2) is 0 Å². The quantitative estimate of drug-likeness (QED) is 0.467. The minimum absolute atomic E-state index is 0.0643. The summed E-state index contributed by atoms with van der Waals surface area (Å²) < 4.78 is 0. The fraction of sp³-hybridized carbons (Fsp3) is 0. The second-order valence-corrected chi connectivity index (χ2v) is 3.00. The van der Waals surface area contributed by atoms with Crippen molar-refractivity contribution < 1.29 is 4.92 Å². The molecule has 0 saturated heterocycles. The van der Waals surface area contributed by atoms with Gasteiger partial charge in [0, 0.05) is 18.5 Å². The number of rotatable bonds is 4. The molecule has 0 radical (unpaired) electrons. The summed E-state index contributed by atoms with van der Waals surface area (Å²) >= 11 is 0. The molecule has 0 bridgehead atoms. The van der Waals surface area contributed by atoms with E-state index in [1.165, 1.54) is 18.3 Å². The zero-order valence-corrected chi connectivity index (χ0v) is 8.57. The third-order valence-corrected chi connectivity index (χ3v) is 1.84. The van der Waals surface area contributed by atoms with Crippen LogP contribution in [0.25, 0.3) is 0 Å². The molecule has 0 atom stereocenters. The van der Waals surface area contributed by atoms with Crippen LogP contribution in [-0.4, -0.2) is 26.1 Å². The van der Waals surface area contributed by atoms with Crippen molar-refractivity contribution in [3.63, 3.8) is 0 Å². The number of pyridine rings is 1. The van der Waals surface area contributed by atoms with E-state index in [-0.39, 0.29) is 5.69 Å². The Hall–Kier alpha value is -2.77. The van der Waals surface area contributed by atoms with Crippen LogP contribution in [0.3, 0.4) is 0 Å². The molecule has 0 spiro atoms. The minimum atomic E-state index is -0.511. The molecule has 2 N–H and O–H groups in total. The van der Waals surface area contributed by atoms with Crippen molar-refractivity contribution in [1.29, 1.82) is 0 Å². The molecule has 2 aromatic heterocycles. The first-order valence-corrected chi connectivity index (χ1v) is 4.64. The average Bonchev–Trinajstić information content (AvgIpc) is 2.83. The van der Waals surface area contributed by atoms with Gasteiger partial charge in [-0.15, -0.1) is 0 Å². The summed E-state index contributed by atoms with van der Waals surface area (Å²) in [5.41, 5.74) is 2.56. The van der Waals surface area contributed by atoms with E-state index < -0.39 is 4.92 Å². The largest absolute Gasteiger partial charge is 0.344 e. The molecule has 8 nitrogen and oxygen atoms in total. The number of hydrogen-bond acceptors (Lipinski definition) is 6. The Morgan fingerprint density at radius 2 is 2.35 bits per heavy atom. The zero-order chi connectivity index (χ0) is 12.1. The van der Waals surface area contributed by atoms with E-state index in [1.807, 2.05) is 0 Å². The van der Waals surface area contributed by atoms with E-state index >= 15 is 0 Å². The Bertz CT molecular complexity index is 519. The molecule has 2 rings (SSSR count). The van der Waals surface area contributed by atoms with Gasteiger partial charge in [-0.2, -0.15) is 5.10 Å². The SMILES string of the molecule is O=[N+]([O-])c1ccc(NN=Cc2ncc[nH]2)nc1. The van der Waals surface area contributed by atoms with E-state index in [0.717, 1.165) is 6.20 Å². The molecule has 8 heteroatoms. The molecule has 86 valence electrons. The van der Waals surface area contributed by atoms with Crippen LogP contribution < -0.4 is 5.43 Å². The third kappa shape index (κ3) is 2.84. The molecule has 0 fully saturated rings. The van der Waals surface area contributed by atoms with Gasteiger partial charge in [0.1, 0.15) is 17.8 Å². The summed E-state index contributed by atoms with van der Waals surface area (Å²) in [6, 6.07) is 2.81. The number of aromatic nitrogens is 3. The average molecular weight is 232 g/mol. The summed E-state index contributed by atoms with van der Waals surface area (Å²) in [7, 11) is 0. The molecule has 0 aromatic carbocycles. The van der Waals surface area contributed by atoms with Crippen LogP contribution in [0.5, 0.6) is 0 Å². The topological polar surface area (TPSA) is 109 Å². The fourth-order valence-electron chi connectivity index (χ4n) is 1.07. The Morgan fingerprint density at radius 3 is 2.94 bits per heavy atom. The van der Waals surface area contributed by atoms with Crippen LogP contribution in [0.1, 0.15) is 5.82 Å². The van der Waals surface area contributed by atoms with Crippen molar-refractivity contribution in [2.24, 2.45) is 5.10 Å². The third-order valence-electron chi connectivity index (χ3n) is 1.84. The van der Waals surface area contributed by atoms with Crippen molar-refractivity contribution in [3.8, 4) is 0 Å². The van der Waals surface area contributed by atoms with Crippen LogP contribution in [0.15, 0.2) is 35.8 Å². The van der Waals surface area contributed by atoms with E-state index in [2.05, 4.69) is 25.5 Å². The Labute approximate surface area is 95.6 Å². The van der Waals surface area contributed by atoms with Gasteiger partial charge in [0.25, 0.3) is 5.69 Å². The summed E-state index contributed by atoms with van der Waals surface area (Å²) in [6.45, 7) is 0. The summed E-state index contributed by atoms with van der Waals surface area (Å²) in [5, 5.41) is 14.2. The number of nitrogens with zero attached hydrogens (tertiary/aromatic N) is 4. The van der Waals surface area contributed by atoms with Crippen LogP contribution in [0.4, 0.5) is 11.5 Å². The van der Waals surface area contributed by atoms with Crippen LogP contribution in [0, 0.1) is 10.1 Å². The van der Waals surface area contributed by atoms with Gasteiger partial charge >= 0.3 is 0 Å². The maximum absolute atomic E-state index is 10.4. The standard InChI is InChI=1S/C9H8N6O2/c16-15(17)7-1-2-8(12-5-7)14-13-6-9-10-3-4-11-9/h1-6H,(H,10,11)(H,12,14). The lowest BCUT2D eigenvalue weighted by atomic mass is 10.4. The van der Waals surface area contributed by atoms with Gasteiger partial charge in [-0.05, 0) is 6.07 Å². The number of anilines is 1. The van der Waals surface area contributed by atoms with Crippen molar-refractivity contribution in [1.82, 2.24) is 15.0 Å². The molecular formula is C9H8N6O2. The highest BCUT2D eigenvalue weighted by Gasteiger charge is 2.04. The van der Waals surface area contributed by atoms with E-state index in [4.69, 9.17) is 0 Å². The molecule has 0 aliphatic heterocycles. The summed E-state index contributed by atoms with van der Waals surface area (Å²) in [5.74, 6) is 1.01. The first-order chi connectivity index (χ1) is 8.25. The molecule has 0 unspecified atom stereocenters. The van der Waals surface area contributed by atoms with Crippen molar-refractivity contribution >= 4 is 17.7 Å². The van der Waals surface area contributed by atoms with Crippen molar-refractivity contribution in [3.05, 3.63) is 46.7 Å². The zero-order valence-electron chi connectivity index (χ0n) is 8.57.